The third kappa shape index (κ3) is 2.03. The van der Waals surface area contributed by atoms with E-state index in [9.17, 15) is 9.59 Å². The van der Waals surface area contributed by atoms with Gasteiger partial charge in [0.2, 0.25) is 5.78 Å². The predicted molar refractivity (Wildman–Crippen MR) is 55.9 cm³/mol. The van der Waals surface area contributed by atoms with E-state index in [1.807, 2.05) is 0 Å². The van der Waals surface area contributed by atoms with Gasteiger partial charge in [-0.1, -0.05) is 0 Å². The lowest BCUT2D eigenvalue weighted by Gasteiger charge is -2.01. The van der Waals surface area contributed by atoms with Crippen molar-refractivity contribution in [3.05, 3.63) is 36.3 Å². The summed E-state index contributed by atoms with van der Waals surface area (Å²) in [6.07, 6.45) is 4.71. The second kappa shape index (κ2) is 4.48. The SMILES string of the molecule is O=COCC(=O)c1cnc2ccncc2c1. The number of aromatic nitrogens is 2. The van der Waals surface area contributed by atoms with Crippen molar-refractivity contribution in [2.45, 2.75) is 0 Å². The molecule has 2 rings (SSSR count). The van der Waals surface area contributed by atoms with Crippen LogP contribution in [0.3, 0.4) is 0 Å². The highest BCUT2D eigenvalue weighted by molar-refractivity contribution is 5.99. The minimum Gasteiger partial charge on any atom is -0.459 e. The van der Waals surface area contributed by atoms with E-state index < -0.39 is 0 Å². The molecular weight excluding hydrogens is 208 g/mol. The first-order chi connectivity index (χ1) is 7.81. The number of carbonyl (C=O) groups is 2. The Morgan fingerprint density at radius 3 is 3.12 bits per heavy atom. The lowest BCUT2D eigenvalue weighted by molar-refractivity contribution is -0.127. The van der Waals surface area contributed by atoms with Gasteiger partial charge in [0.15, 0.2) is 6.61 Å². The largest absolute Gasteiger partial charge is 0.459 e. The van der Waals surface area contributed by atoms with Gasteiger partial charge in [0.05, 0.1) is 5.52 Å². The molecule has 0 aliphatic carbocycles. The fourth-order valence-electron chi connectivity index (χ4n) is 1.32. The number of pyridine rings is 2. The summed E-state index contributed by atoms with van der Waals surface area (Å²) in [5.41, 5.74) is 1.17. The van der Waals surface area contributed by atoms with Crippen LogP contribution < -0.4 is 0 Å². The number of nitrogens with zero attached hydrogens (tertiary/aromatic N) is 2. The van der Waals surface area contributed by atoms with Crippen molar-refractivity contribution in [2.24, 2.45) is 0 Å². The van der Waals surface area contributed by atoms with E-state index in [-0.39, 0.29) is 18.9 Å². The number of ether oxygens (including phenoxy) is 1. The smallest absolute Gasteiger partial charge is 0.293 e. The quantitative estimate of drug-likeness (QED) is 0.563. The molecule has 0 bridgehead atoms. The summed E-state index contributed by atoms with van der Waals surface area (Å²) in [6, 6.07) is 3.43. The average Bonchev–Trinajstić information content (AvgIpc) is 2.35. The molecule has 2 aromatic heterocycles. The summed E-state index contributed by atoms with van der Waals surface area (Å²) in [4.78, 5) is 29.5. The van der Waals surface area contributed by atoms with Gasteiger partial charge in [-0.3, -0.25) is 19.6 Å². The number of rotatable bonds is 4. The first-order valence-corrected chi connectivity index (χ1v) is 4.59. The molecule has 0 amide bonds. The van der Waals surface area contributed by atoms with E-state index in [2.05, 4.69) is 14.7 Å². The van der Waals surface area contributed by atoms with Crippen molar-refractivity contribution in [1.29, 1.82) is 0 Å². The van der Waals surface area contributed by atoms with Crippen molar-refractivity contribution in [3.8, 4) is 0 Å². The number of ketones is 1. The summed E-state index contributed by atoms with van der Waals surface area (Å²) in [5, 5.41) is 0.777. The van der Waals surface area contributed by atoms with Crippen LogP contribution in [0, 0.1) is 0 Å². The first-order valence-electron chi connectivity index (χ1n) is 4.59. The van der Waals surface area contributed by atoms with Crippen LogP contribution in [0.5, 0.6) is 0 Å². The summed E-state index contributed by atoms with van der Waals surface area (Å²) in [5.74, 6) is -0.287. The molecular formula is C11H8N2O3. The molecule has 0 radical (unpaired) electrons. The summed E-state index contributed by atoms with van der Waals surface area (Å²) in [6.45, 7) is -0.0229. The second-order valence-corrected chi connectivity index (χ2v) is 3.12. The van der Waals surface area contributed by atoms with Crippen molar-refractivity contribution >= 4 is 23.2 Å². The maximum Gasteiger partial charge on any atom is 0.293 e. The molecule has 0 unspecified atom stereocenters. The maximum atomic E-state index is 11.5. The molecule has 0 aliphatic rings. The van der Waals surface area contributed by atoms with Crippen molar-refractivity contribution in [2.75, 3.05) is 6.61 Å². The van der Waals surface area contributed by atoms with E-state index in [4.69, 9.17) is 0 Å². The molecule has 5 heteroatoms. The average molecular weight is 216 g/mol. The molecule has 0 aromatic carbocycles. The summed E-state index contributed by atoms with van der Waals surface area (Å²) < 4.78 is 4.39. The zero-order valence-corrected chi connectivity index (χ0v) is 8.29. The number of hydrogen-bond donors (Lipinski definition) is 0. The fraction of sp³-hybridized carbons (Fsp3) is 0.0909. The Hall–Kier alpha value is -2.30. The Kier molecular flexibility index (Phi) is 2.86. The van der Waals surface area contributed by atoms with Crippen molar-refractivity contribution in [1.82, 2.24) is 9.97 Å². The summed E-state index contributed by atoms with van der Waals surface area (Å²) >= 11 is 0. The third-order valence-corrected chi connectivity index (χ3v) is 2.09. The van der Waals surface area contributed by atoms with Gasteiger partial charge in [-0.2, -0.15) is 0 Å². The van der Waals surface area contributed by atoms with E-state index in [1.165, 1.54) is 6.20 Å². The van der Waals surface area contributed by atoms with Crippen LogP contribution in [0.15, 0.2) is 30.7 Å². The minimum absolute atomic E-state index is 0.244. The van der Waals surface area contributed by atoms with Crippen molar-refractivity contribution < 1.29 is 14.3 Å². The normalized spacial score (nSPS) is 10.0. The molecule has 0 saturated carbocycles. The lowest BCUT2D eigenvalue weighted by atomic mass is 10.1. The van der Waals surface area contributed by atoms with Gasteiger partial charge < -0.3 is 4.74 Å². The predicted octanol–water partition coefficient (Wildman–Crippen LogP) is 0.986. The Morgan fingerprint density at radius 1 is 1.44 bits per heavy atom. The number of Topliss-reactive ketones (excluding diaryl/α,β-unsaturated/α-hetero) is 1. The van der Waals surface area contributed by atoms with Crippen molar-refractivity contribution in [3.63, 3.8) is 0 Å². The fourth-order valence-corrected chi connectivity index (χ4v) is 1.32. The third-order valence-electron chi connectivity index (χ3n) is 2.09. The number of fused-ring (bicyclic) bond motifs is 1. The molecule has 80 valence electrons. The van der Waals surface area contributed by atoms with Crippen LogP contribution in [0.1, 0.15) is 10.4 Å². The molecule has 0 saturated heterocycles. The van der Waals surface area contributed by atoms with E-state index in [0.29, 0.717) is 5.56 Å². The molecule has 2 aromatic rings. The highest BCUT2D eigenvalue weighted by Crippen LogP contribution is 2.11. The molecule has 0 N–H and O–H groups in total. The Morgan fingerprint density at radius 2 is 2.31 bits per heavy atom. The van der Waals surface area contributed by atoms with E-state index in [0.717, 1.165) is 10.9 Å². The van der Waals surface area contributed by atoms with Crippen LogP contribution in [-0.4, -0.2) is 28.8 Å². The van der Waals surface area contributed by atoms with Gasteiger partial charge in [-0.05, 0) is 12.1 Å². The van der Waals surface area contributed by atoms with Crippen LogP contribution in [0.25, 0.3) is 10.9 Å². The second-order valence-electron chi connectivity index (χ2n) is 3.12. The summed E-state index contributed by atoms with van der Waals surface area (Å²) in [7, 11) is 0. The first kappa shape index (κ1) is 10.2. The van der Waals surface area contributed by atoms with E-state index in [1.54, 1.807) is 24.5 Å². The van der Waals surface area contributed by atoms with Gasteiger partial charge in [0.25, 0.3) is 6.47 Å². The zero-order chi connectivity index (χ0) is 11.4. The van der Waals surface area contributed by atoms with Crippen LogP contribution in [0.4, 0.5) is 0 Å². The topological polar surface area (TPSA) is 69.2 Å². The van der Waals surface area contributed by atoms with Gasteiger partial charge in [-0.15, -0.1) is 0 Å². The highest BCUT2D eigenvalue weighted by Gasteiger charge is 2.07. The molecule has 2 heterocycles. The lowest BCUT2D eigenvalue weighted by Crippen LogP contribution is -2.08. The Bertz CT molecular complexity index is 539. The molecule has 0 aliphatic heterocycles. The van der Waals surface area contributed by atoms with E-state index >= 15 is 0 Å². The van der Waals surface area contributed by atoms with Gasteiger partial charge in [0.1, 0.15) is 0 Å². The maximum absolute atomic E-state index is 11.5. The number of hydrogen-bond acceptors (Lipinski definition) is 5. The van der Waals surface area contributed by atoms with Gasteiger partial charge in [0, 0.05) is 29.5 Å². The monoisotopic (exact) mass is 216 g/mol. The molecule has 0 spiro atoms. The van der Waals surface area contributed by atoms with Gasteiger partial charge in [-0.25, -0.2) is 0 Å². The minimum atomic E-state index is -0.287. The molecule has 5 nitrogen and oxygen atoms in total. The van der Waals surface area contributed by atoms with Crippen LogP contribution in [0.2, 0.25) is 0 Å². The Labute approximate surface area is 91.1 Å². The molecule has 0 fully saturated rings. The zero-order valence-electron chi connectivity index (χ0n) is 8.29. The van der Waals surface area contributed by atoms with Crippen LogP contribution >= 0.6 is 0 Å². The van der Waals surface area contributed by atoms with Gasteiger partial charge >= 0.3 is 0 Å². The number of carbonyl (C=O) groups excluding carboxylic acids is 2. The standard InChI is InChI=1S/C11H8N2O3/c14-7-16-6-11(15)9-3-8-4-12-2-1-10(8)13-5-9/h1-5,7H,6H2. The van der Waals surface area contributed by atoms with Crippen LogP contribution in [-0.2, 0) is 9.53 Å². The Balaban J connectivity index is 2.32. The highest BCUT2D eigenvalue weighted by atomic mass is 16.5. The molecule has 0 atom stereocenters. The molecule has 16 heavy (non-hydrogen) atoms.